The molecule has 2 N–H and O–H groups in total. The zero-order chi connectivity index (χ0) is 15.4. The maximum absolute atomic E-state index is 6.13. The molecule has 0 radical (unpaired) electrons. The second-order valence-corrected chi connectivity index (χ2v) is 6.69. The van der Waals surface area contributed by atoms with Crippen molar-refractivity contribution in [3.8, 4) is 0 Å². The van der Waals surface area contributed by atoms with Crippen LogP contribution in [0.4, 0.5) is 5.82 Å². The Morgan fingerprint density at radius 3 is 2.62 bits per heavy atom. The molecule has 1 fully saturated rings. The summed E-state index contributed by atoms with van der Waals surface area (Å²) in [6, 6.07) is 0.402. The van der Waals surface area contributed by atoms with Gasteiger partial charge >= 0.3 is 0 Å². The second-order valence-electron chi connectivity index (χ2n) is 6.69. The topological polar surface area (TPSA) is 66.0 Å². The van der Waals surface area contributed by atoms with Gasteiger partial charge in [-0.25, -0.2) is 9.97 Å². The van der Waals surface area contributed by atoms with Crippen LogP contribution in [0, 0.1) is 20.8 Å². The monoisotopic (exact) mass is 288 g/mol. The maximum Gasteiger partial charge on any atom is 0.146 e. The number of nitrogens with two attached hydrogens (primary N) is 1. The molecule has 5 nitrogen and oxygen atoms in total. The molecular weight excluding hydrogens is 264 g/mol. The van der Waals surface area contributed by atoms with Crippen LogP contribution in [0.1, 0.15) is 49.8 Å². The smallest absolute Gasteiger partial charge is 0.146 e. The van der Waals surface area contributed by atoms with E-state index >= 15 is 0 Å². The van der Waals surface area contributed by atoms with Crippen LogP contribution < -0.4 is 5.73 Å². The molecule has 5 heteroatoms. The van der Waals surface area contributed by atoms with E-state index in [9.17, 15) is 0 Å². The van der Waals surface area contributed by atoms with Gasteiger partial charge in [0.15, 0.2) is 0 Å². The molecular formula is C16H24N4O. The van der Waals surface area contributed by atoms with Crippen LogP contribution in [0.5, 0.6) is 0 Å². The Labute approximate surface area is 125 Å². The van der Waals surface area contributed by atoms with Crippen LogP contribution in [-0.4, -0.2) is 26.7 Å². The first-order valence-corrected chi connectivity index (χ1v) is 7.55. The molecule has 1 aliphatic heterocycles. The molecule has 1 saturated heterocycles. The van der Waals surface area contributed by atoms with Gasteiger partial charge in [-0.3, -0.25) is 0 Å². The summed E-state index contributed by atoms with van der Waals surface area (Å²) in [5, 5.41) is 1.00. The molecule has 3 rings (SSSR count). The zero-order valence-electron chi connectivity index (χ0n) is 13.5. The van der Waals surface area contributed by atoms with Gasteiger partial charge in [-0.2, -0.15) is 0 Å². The summed E-state index contributed by atoms with van der Waals surface area (Å²) in [5.74, 6) is 1.31. The van der Waals surface area contributed by atoms with Gasteiger partial charge in [0, 0.05) is 18.3 Å². The lowest BCUT2D eigenvalue weighted by atomic mass is 9.93. The maximum atomic E-state index is 6.13. The van der Waals surface area contributed by atoms with Gasteiger partial charge in [0.05, 0.1) is 11.0 Å². The van der Waals surface area contributed by atoms with Gasteiger partial charge in [0.1, 0.15) is 17.3 Å². The highest BCUT2D eigenvalue weighted by Crippen LogP contribution is 2.37. The number of nitrogen functional groups attached to an aromatic ring is 1. The molecule has 0 aromatic carbocycles. The highest BCUT2D eigenvalue weighted by Gasteiger charge is 2.32. The zero-order valence-corrected chi connectivity index (χ0v) is 13.5. The van der Waals surface area contributed by atoms with Crippen LogP contribution in [0.2, 0.25) is 0 Å². The number of aromatic nitrogens is 3. The lowest BCUT2D eigenvalue weighted by Crippen LogP contribution is -2.35. The molecule has 3 heterocycles. The van der Waals surface area contributed by atoms with Gasteiger partial charge < -0.3 is 15.0 Å². The normalized spacial score (nSPS) is 21.9. The Hall–Kier alpha value is -1.62. The molecule has 21 heavy (non-hydrogen) atoms. The van der Waals surface area contributed by atoms with Crippen molar-refractivity contribution in [2.75, 3.05) is 12.3 Å². The second kappa shape index (κ2) is 4.70. The molecule has 0 amide bonds. The average Bonchev–Trinajstić information content (AvgIpc) is 2.60. The van der Waals surface area contributed by atoms with Crippen molar-refractivity contribution in [3.05, 3.63) is 17.1 Å². The SMILES string of the molecule is Cc1nc(N)c2c(C)c(C)n(C3CCOC(C)(C)C3)c2n1. The Balaban J connectivity index is 2.20. The summed E-state index contributed by atoms with van der Waals surface area (Å²) in [5.41, 5.74) is 9.44. The van der Waals surface area contributed by atoms with Crippen LogP contribution in [0.25, 0.3) is 11.0 Å². The molecule has 1 unspecified atom stereocenters. The van der Waals surface area contributed by atoms with Crippen molar-refractivity contribution < 1.29 is 4.74 Å². The number of hydrogen-bond acceptors (Lipinski definition) is 4. The molecule has 0 saturated carbocycles. The fraction of sp³-hybridized carbons (Fsp3) is 0.625. The van der Waals surface area contributed by atoms with E-state index in [1.807, 2.05) is 6.92 Å². The molecule has 0 bridgehead atoms. The summed E-state index contributed by atoms with van der Waals surface area (Å²) in [6.45, 7) is 11.2. The lowest BCUT2D eigenvalue weighted by Gasteiger charge is -2.37. The molecule has 0 spiro atoms. The van der Waals surface area contributed by atoms with Crippen molar-refractivity contribution in [1.29, 1.82) is 0 Å². The first-order valence-electron chi connectivity index (χ1n) is 7.55. The number of anilines is 1. The van der Waals surface area contributed by atoms with Gasteiger partial charge in [-0.1, -0.05) is 0 Å². The summed E-state index contributed by atoms with van der Waals surface area (Å²) < 4.78 is 8.20. The van der Waals surface area contributed by atoms with Crippen LogP contribution in [-0.2, 0) is 4.74 Å². The van der Waals surface area contributed by atoms with E-state index < -0.39 is 0 Å². The Kier molecular flexibility index (Phi) is 3.20. The Morgan fingerprint density at radius 2 is 1.95 bits per heavy atom. The summed E-state index contributed by atoms with van der Waals surface area (Å²) in [6.07, 6.45) is 2.00. The van der Waals surface area contributed by atoms with Crippen molar-refractivity contribution in [2.45, 2.75) is 59.1 Å². The van der Waals surface area contributed by atoms with E-state index in [1.54, 1.807) is 0 Å². The number of aryl methyl sites for hydroxylation is 2. The largest absolute Gasteiger partial charge is 0.383 e. The molecule has 1 atom stereocenters. The van der Waals surface area contributed by atoms with E-state index in [2.05, 4.69) is 42.2 Å². The highest BCUT2D eigenvalue weighted by atomic mass is 16.5. The average molecular weight is 288 g/mol. The minimum Gasteiger partial charge on any atom is -0.383 e. The Morgan fingerprint density at radius 1 is 1.24 bits per heavy atom. The lowest BCUT2D eigenvalue weighted by molar-refractivity contribution is -0.0687. The van der Waals surface area contributed by atoms with Crippen molar-refractivity contribution in [2.24, 2.45) is 0 Å². The molecule has 114 valence electrons. The van der Waals surface area contributed by atoms with Gasteiger partial charge in [0.2, 0.25) is 0 Å². The van der Waals surface area contributed by atoms with E-state index in [0.717, 1.165) is 36.3 Å². The number of rotatable bonds is 1. The highest BCUT2D eigenvalue weighted by molar-refractivity contribution is 5.91. The standard InChI is InChI=1S/C16H24N4O/c1-9-10(2)20(12-6-7-21-16(4,5)8-12)15-13(9)14(17)18-11(3)19-15/h12H,6-8H2,1-5H3,(H2,17,18,19). The molecule has 2 aromatic heterocycles. The van der Waals surface area contributed by atoms with E-state index in [-0.39, 0.29) is 5.60 Å². The number of hydrogen-bond donors (Lipinski definition) is 1. The third kappa shape index (κ3) is 2.29. The predicted molar refractivity (Wildman–Crippen MR) is 84.5 cm³/mol. The van der Waals surface area contributed by atoms with Crippen LogP contribution in [0.15, 0.2) is 0 Å². The minimum atomic E-state index is -0.0898. The van der Waals surface area contributed by atoms with Gasteiger partial charge in [-0.15, -0.1) is 0 Å². The third-order valence-corrected chi connectivity index (χ3v) is 4.57. The first kappa shape index (κ1) is 14.3. The van der Waals surface area contributed by atoms with Crippen LogP contribution >= 0.6 is 0 Å². The molecule has 0 aliphatic carbocycles. The molecule has 1 aliphatic rings. The summed E-state index contributed by atoms with van der Waals surface area (Å²) in [7, 11) is 0. The van der Waals surface area contributed by atoms with Crippen molar-refractivity contribution in [1.82, 2.24) is 14.5 Å². The van der Waals surface area contributed by atoms with Crippen LogP contribution in [0.3, 0.4) is 0 Å². The van der Waals surface area contributed by atoms with E-state index in [4.69, 9.17) is 10.5 Å². The third-order valence-electron chi connectivity index (χ3n) is 4.57. The van der Waals surface area contributed by atoms with Crippen molar-refractivity contribution >= 4 is 16.9 Å². The van der Waals surface area contributed by atoms with Crippen molar-refractivity contribution in [3.63, 3.8) is 0 Å². The van der Waals surface area contributed by atoms with E-state index in [0.29, 0.717) is 11.9 Å². The number of ether oxygens (including phenoxy) is 1. The predicted octanol–water partition coefficient (Wildman–Crippen LogP) is 3.07. The fourth-order valence-electron chi connectivity index (χ4n) is 3.50. The number of fused-ring (bicyclic) bond motifs is 1. The quantitative estimate of drug-likeness (QED) is 0.875. The first-order chi connectivity index (χ1) is 9.80. The summed E-state index contributed by atoms with van der Waals surface area (Å²) in [4.78, 5) is 8.99. The number of nitrogens with zero attached hydrogens (tertiary/aromatic N) is 3. The summed E-state index contributed by atoms with van der Waals surface area (Å²) >= 11 is 0. The van der Waals surface area contributed by atoms with Gasteiger partial charge in [0.25, 0.3) is 0 Å². The Bertz CT molecular complexity index is 702. The van der Waals surface area contributed by atoms with Gasteiger partial charge in [-0.05, 0) is 53.0 Å². The minimum absolute atomic E-state index is 0.0898. The molecule has 2 aromatic rings. The van der Waals surface area contributed by atoms with E-state index in [1.165, 1.54) is 11.3 Å². The fourth-order valence-corrected chi connectivity index (χ4v) is 3.50.